The van der Waals surface area contributed by atoms with Gasteiger partial charge in [0.05, 0.1) is 12.7 Å². The minimum Gasteiger partial charge on any atom is -0.464 e. The monoisotopic (exact) mass is 367 g/mol. The molecule has 0 N–H and O–H groups in total. The topological polar surface area (TPSA) is 33.5 Å². The number of furan rings is 1. The van der Waals surface area contributed by atoms with Crippen LogP contribution in [-0.2, 0) is 16.6 Å². The molecule has 2 aromatic rings. The summed E-state index contributed by atoms with van der Waals surface area (Å²) in [6.45, 7) is 14.6. The third-order valence-corrected chi connectivity index (χ3v) is 6.60. The number of hydrogen-bond donors (Lipinski definition) is 0. The predicted octanol–water partition coefficient (Wildman–Crippen LogP) is 5.70. The largest absolute Gasteiger partial charge is 0.464 e. The van der Waals surface area contributed by atoms with Crippen LogP contribution >= 0.6 is 0 Å². The zero-order valence-electron chi connectivity index (χ0n) is 17.7. The summed E-state index contributed by atoms with van der Waals surface area (Å²) in [7, 11) is 0. The van der Waals surface area contributed by atoms with Crippen LogP contribution in [0.4, 0.5) is 0 Å². The van der Waals surface area contributed by atoms with Crippen molar-refractivity contribution in [1.82, 2.24) is 4.90 Å². The van der Waals surface area contributed by atoms with Crippen molar-refractivity contribution >= 4 is 16.9 Å². The summed E-state index contributed by atoms with van der Waals surface area (Å²) in [6.07, 6.45) is 5.71. The molecule has 1 aromatic carbocycles. The molecule has 2 aliphatic rings. The lowest BCUT2D eigenvalue weighted by Crippen LogP contribution is -2.38. The third-order valence-electron chi connectivity index (χ3n) is 6.60. The molecule has 1 aliphatic heterocycles. The van der Waals surface area contributed by atoms with E-state index < -0.39 is 0 Å². The molecule has 1 amide bonds. The molecule has 3 nitrogen and oxygen atoms in total. The first-order valence-electron chi connectivity index (χ1n) is 10.3. The van der Waals surface area contributed by atoms with Crippen LogP contribution in [0.1, 0.15) is 71.9 Å². The second-order valence-corrected chi connectivity index (χ2v) is 11.1. The van der Waals surface area contributed by atoms with Crippen LogP contribution in [0.2, 0.25) is 0 Å². The van der Waals surface area contributed by atoms with Crippen molar-refractivity contribution in [2.45, 2.75) is 78.7 Å². The van der Waals surface area contributed by atoms with E-state index in [-0.39, 0.29) is 16.7 Å². The molecule has 2 bridgehead atoms. The van der Waals surface area contributed by atoms with Gasteiger partial charge in [0.2, 0.25) is 5.91 Å². The molecule has 27 heavy (non-hydrogen) atoms. The van der Waals surface area contributed by atoms with E-state index in [0.29, 0.717) is 17.9 Å². The van der Waals surface area contributed by atoms with Gasteiger partial charge in [-0.05, 0) is 53.2 Å². The lowest BCUT2D eigenvalue weighted by molar-refractivity contribution is -0.131. The molecule has 2 atom stereocenters. The van der Waals surface area contributed by atoms with E-state index >= 15 is 0 Å². The number of carbonyl (C=O) groups is 1. The Labute approximate surface area is 163 Å². The van der Waals surface area contributed by atoms with Crippen LogP contribution in [0.3, 0.4) is 0 Å². The second kappa shape index (κ2) is 5.86. The summed E-state index contributed by atoms with van der Waals surface area (Å²) in [6, 6.07) is 6.77. The van der Waals surface area contributed by atoms with Crippen LogP contribution in [0, 0.1) is 10.8 Å². The fourth-order valence-corrected chi connectivity index (χ4v) is 5.70. The maximum Gasteiger partial charge on any atom is 0.227 e. The van der Waals surface area contributed by atoms with E-state index in [2.05, 4.69) is 58.6 Å². The number of amides is 1. The van der Waals surface area contributed by atoms with Crippen LogP contribution < -0.4 is 0 Å². The first-order valence-corrected chi connectivity index (χ1v) is 10.3. The Balaban J connectivity index is 1.59. The van der Waals surface area contributed by atoms with Crippen molar-refractivity contribution in [2.75, 3.05) is 6.54 Å². The van der Waals surface area contributed by atoms with Gasteiger partial charge in [-0.2, -0.15) is 0 Å². The average molecular weight is 368 g/mol. The number of benzene rings is 1. The van der Waals surface area contributed by atoms with Gasteiger partial charge >= 0.3 is 0 Å². The molecule has 1 saturated heterocycles. The Morgan fingerprint density at radius 2 is 1.96 bits per heavy atom. The smallest absolute Gasteiger partial charge is 0.227 e. The van der Waals surface area contributed by atoms with E-state index in [1.165, 1.54) is 12.0 Å². The molecule has 1 aromatic heterocycles. The van der Waals surface area contributed by atoms with Gasteiger partial charge in [0.25, 0.3) is 0 Å². The Morgan fingerprint density at radius 1 is 1.22 bits per heavy atom. The van der Waals surface area contributed by atoms with Crippen LogP contribution in [-0.4, -0.2) is 23.4 Å². The van der Waals surface area contributed by atoms with Crippen molar-refractivity contribution in [3.63, 3.8) is 0 Å². The van der Waals surface area contributed by atoms with Gasteiger partial charge in [-0.15, -0.1) is 0 Å². The summed E-state index contributed by atoms with van der Waals surface area (Å²) < 4.78 is 5.75. The summed E-state index contributed by atoms with van der Waals surface area (Å²) in [4.78, 5) is 15.4. The van der Waals surface area contributed by atoms with Crippen LogP contribution in [0.25, 0.3) is 11.0 Å². The number of fused-ring (bicyclic) bond motifs is 3. The average Bonchev–Trinajstić information content (AvgIpc) is 3.03. The van der Waals surface area contributed by atoms with Gasteiger partial charge in [0.15, 0.2) is 0 Å². The van der Waals surface area contributed by atoms with E-state index in [1.54, 1.807) is 6.26 Å². The summed E-state index contributed by atoms with van der Waals surface area (Å²) in [5.41, 5.74) is 3.86. The van der Waals surface area contributed by atoms with Crippen molar-refractivity contribution in [3.8, 4) is 0 Å². The molecule has 1 saturated carbocycles. The van der Waals surface area contributed by atoms with Crippen LogP contribution in [0.15, 0.2) is 28.9 Å². The molecule has 1 aliphatic carbocycles. The van der Waals surface area contributed by atoms with Gasteiger partial charge in [-0.1, -0.05) is 47.6 Å². The molecule has 2 heterocycles. The quantitative estimate of drug-likeness (QED) is 0.682. The van der Waals surface area contributed by atoms with Crippen molar-refractivity contribution in [1.29, 1.82) is 0 Å². The first-order chi connectivity index (χ1) is 12.5. The molecule has 146 valence electrons. The maximum absolute atomic E-state index is 13.2. The standard InChI is InChI=1S/C24H33NO2/c1-22(2,3)17-7-8-20-19(10-17)16(13-27-20)9-21(26)25-15-24(6)12-18(25)11-23(4,5)14-24/h7-8,10,13,18H,9,11-12,14-15H2,1-6H3. The van der Waals surface area contributed by atoms with Crippen LogP contribution in [0.5, 0.6) is 0 Å². The van der Waals surface area contributed by atoms with Crippen molar-refractivity contribution in [2.24, 2.45) is 10.8 Å². The lowest BCUT2D eigenvalue weighted by atomic mass is 9.65. The SMILES string of the molecule is CC1(C)CC2CC(C)(CN2C(=O)Cc2coc3ccc(C(C)(C)C)cc23)C1. The van der Waals surface area contributed by atoms with Gasteiger partial charge in [-0.25, -0.2) is 0 Å². The van der Waals surface area contributed by atoms with E-state index in [0.717, 1.165) is 35.9 Å². The third kappa shape index (κ3) is 3.41. The van der Waals surface area contributed by atoms with Gasteiger partial charge in [-0.3, -0.25) is 4.79 Å². The fourth-order valence-electron chi connectivity index (χ4n) is 5.70. The molecule has 2 fully saturated rings. The normalized spacial score (nSPS) is 27.3. The molecular weight excluding hydrogens is 334 g/mol. The molecule has 0 radical (unpaired) electrons. The number of hydrogen-bond acceptors (Lipinski definition) is 2. The van der Waals surface area contributed by atoms with E-state index in [1.807, 2.05) is 6.07 Å². The van der Waals surface area contributed by atoms with Gasteiger partial charge in [0, 0.05) is 23.5 Å². The summed E-state index contributed by atoms with van der Waals surface area (Å²) >= 11 is 0. The Bertz CT molecular complexity index is 885. The Kier molecular flexibility index (Phi) is 4.04. The number of nitrogens with zero attached hydrogens (tertiary/aromatic N) is 1. The molecule has 3 heteroatoms. The number of likely N-dealkylation sites (tertiary alicyclic amines) is 1. The zero-order chi connectivity index (χ0) is 19.6. The second-order valence-electron chi connectivity index (χ2n) is 11.1. The highest BCUT2D eigenvalue weighted by atomic mass is 16.3. The Morgan fingerprint density at radius 3 is 2.67 bits per heavy atom. The Hall–Kier alpha value is -1.77. The maximum atomic E-state index is 13.2. The van der Waals surface area contributed by atoms with E-state index in [9.17, 15) is 4.79 Å². The highest BCUT2D eigenvalue weighted by Gasteiger charge is 2.50. The molecule has 4 rings (SSSR count). The number of rotatable bonds is 2. The molecule has 0 spiro atoms. The van der Waals surface area contributed by atoms with Crippen molar-refractivity contribution in [3.05, 3.63) is 35.6 Å². The lowest BCUT2D eigenvalue weighted by Gasteiger charge is -2.39. The van der Waals surface area contributed by atoms with Crippen molar-refractivity contribution < 1.29 is 9.21 Å². The zero-order valence-corrected chi connectivity index (χ0v) is 17.7. The minimum absolute atomic E-state index is 0.0823. The molecular formula is C24H33NO2. The molecule has 2 unspecified atom stereocenters. The summed E-state index contributed by atoms with van der Waals surface area (Å²) in [5.74, 6) is 0.255. The van der Waals surface area contributed by atoms with Gasteiger partial charge in [0.1, 0.15) is 5.58 Å². The van der Waals surface area contributed by atoms with E-state index in [4.69, 9.17) is 4.42 Å². The minimum atomic E-state index is 0.0823. The predicted molar refractivity (Wildman–Crippen MR) is 110 cm³/mol. The number of carbonyl (C=O) groups excluding carboxylic acids is 1. The van der Waals surface area contributed by atoms with Gasteiger partial charge < -0.3 is 9.32 Å². The summed E-state index contributed by atoms with van der Waals surface area (Å²) in [5, 5.41) is 1.09. The first kappa shape index (κ1) is 18.6. The highest BCUT2D eigenvalue weighted by molar-refractivity contribution is 5.88. The fraction of sp³-hybridized carbons (Fsp3) is 0.625. The highest BCUT2D eigenvalue weighted by Crippen LogP contribution is 2.52.